The lowest BCUT2D eigenvalue weighted by atomic mass is 10.2. The lowest BCUT2D eigenvalue weighted by molar-refractivity contribution is -0.115. The van der Waals surface area contributed by atoms with E-state index in [4.69, 9.17) is 0 Å². The average molecular weight is 303 g/mol. The van der Waals surface area contributed by atoms with E-state index in [1.807, 2.05) is 48.0 Å². The van der Waals surface area contributed by atoms with Gasteiger partial charge in [-0.25, -0.2) is 4.68 Å². The summed E-state index contributed by atoms with van der Waals surface area (Å²) in [6.45, 7) is 6.96. The molecule has 0 aliphatic heterocycles. The van der Waals surface area contributed by atoms with E-state index in [9.17, 15) is 4.79 Å². The van der Waals surface area contributed by atoms with Gasteiger partial charge in [-0.2, -0.15) is 5.10 Å². The summed E-state index contributed by atoms with van der Waals surface area (Å²) in [6.07, 6.45) is 1.72. The van der Waals surface area contributed by atoms with Gasteiger partial charge in [-0.3, -0.25) is 4.79 Å². The number of carbonyl (C=O) groups excluding carboxylic acids is 1. The molecular formula is C16H21N3OS. The lowest BCUT2D eigenvalue weighted by Crippen LogP contribution is -2.24. The van der Waals surface area contributed by atoms with Crippen LogP contribution >= 0.6 is 11.8 Å². The van der Waals surface area contributed by atoms with E-state index in [0.717, 1.165) is 17.3 Å². The highest BCUT2D eigenvalue weighted by atomic mass is 32.2. The third kappa shape index (κ3) is 4.63. The number of nitrogens with zero attached hydrogens (tertiary/aromatic N) is 2. The van der Waals surface area contributed by atoms with Crippen molar-refractivity contribution < 1.29 is 4.79 Å². The molecule has 0 radical (unpaired) electrons. The fourth-order valence-electron chi connectivity index (χ4n) is 1.91. The summed E-state index contributed by atoms with van der Waals surface area (Å²) in [5.74, 6) is 1.24. The van der Waals surface area contributed by atoms with Crippen molar-refractivity contribution in [3.63, 3.8) is 0 Å². The monoisotopic (exact) mass is 303 g/mol. The molecule has 1 N–H and O–H groups in total. The quantitative estimate of drug-likeness (QED) is 0.828. The van der Waals surface area contributed by atoms with Gasteiger partial charge in [-0.1, -0.05) is 32.0 Å². The van der Waals surface area contributed by atoms with Crippen molar-refractivity contribution >= 4 is 23.5 Å². The van der Waals surface area contributed by atoms with E-state index in [1.165, 1.54) is 0 Å². The zero-order valence-electron chi connectivity index (χ0n) is 12.6. The summed E-state index contributed by atoms with van der Waals surface area (Å²) in [4.78, 5) is 13.4. The van der Waals surface area contributed by atoms with Gasteiger partial charge in [0, 0.05) is 17.5 Å². The van der Waals surface area contributed by atoms with E-state index in [2.05, 4.69) is 24.3 Å². The maximum absolute atomic E-state index is 12.3. The number of benzene rings is 1. The number of amides is 1. The minimum Gasteiger partial charge on any atom is -0.310 e. The van der Waals surface area contributed by atoms with E-state index >= 15 is 0 Å². The third-order valence-corrected chi connectivity index (χ3v) is 4.04. The van der Waals surface area contributed by atoms with Crippen molar-refractivity contribution in [2.24, 2.45) is 5.92 Å². The van der Waals surface area contributed by atoms with Crippen LogP contribution in [0.1, 0.15) is 20.8 Å². The van der Waals surface area contributed by atoms with Crippen molar-refractivity contribution in [1.82, 2.24) is 9.78 Å². The molecule has 0 spiro atoms. The summed E-state index contributed by atoms with van der Waals surface area (Å²) in [5.41, 5.74) is 0. The Balaban J connectivity index is 1.96. The van der Waals surface area contributed by atoms with Crippen LogP contribution < -0.4 is 5.32 Å². The van der Waals surface area contributed by atoms with Crippen LogP contribution in [0.15, 0.2) is 47.5 Å². The molecule has 1 unspecified atom stereocenters. The van der Waals surface area contributed by atoms with Crippen LogP contribution in [0.4, 0.5) is 5.82 Å². The van der Waals surface area contributed by atoms with E-state index in [-0.39, 0.29) is 11.2 Å². The summed E-state index contributed by atoms with van der Waals surface area (Å²) in [6, 6.07) is 11.8. The van der Waals surface area contributed by atoms with Gasteiger partial charge in [0.05, 0.1) is 11.4 Å². The number of carbonyl (C=O) groups is 1. The number of rotatable bonds is 6. The molecule has 0 aliphatic rings. The smallest absolute Gasteiger partial charge is 0.238 e. The molecule has 5 heteroatoms. The Morgan fingerprint density at radius 2 is 1.95 bits per heavy atom. The SMILES string of the molecule is CC(C)Cn1nccc1NC(=O)C(C)Sc1ccccc1. The maximum atomic E-state index is 12.3. The van der Waals surface area contributed by atoms with Gasteiger partial charge in [-0.15, -0.1) is 11.8 Å². The number of nitrogens with one attached hydrogen (secondary N) is 1. The fourth-order valence-corrected chi connectivity index (χ4v) is 2.80. The van der Waals surface area contributed by atoms with Gasteiger partial charge in [0.15, 0.2) is 0 Å². The normalized spacial score (nSPS) is 12.4. The van der Waals surface area contributed by atoms with Gasteiger partial charge in [0.1, 0.15) is 5.82 Å². The first-order valence-corrected chi connectivity index (χ1v) is 7.98. The second-order valence-electron chi connectivity index (χ2n) is 5.35. The van der Waals surface area contributed by atoms with Gasteiger partial charge < -0.3 is 5.32 Å². The molecule has 1 aromatic heterocycles. The Kier molecular flexibility index (Phi) is 5.44. The van der Waals surface area contributed by atoms with Crippen LogP contribution in [-0.2, 0) is 11.3 Å². The first-order valence-electron chi connectivity index (χ1n) is 7.10. The number of anilines is 1. The molecule has 0 fully saturated rings. The molecule has 1 atom stereocenters. The molecular weight excluding hydrogens is 282 g/mol. The molecule has 0 aliphatic carbocycles. The van der Waals surface area contributed by atoms with Crippen molar-refractivity contribution in [2.75, 3.05) is 5.32 Å². The predicted molar refractivity (Wildman–Crippen MR) is 87.5 cm³/mol. The molecule has 2 aromatic rings. The number of thioether (sulfide) groups is 1. The zero-order chi connectivity index (χ0) is 15.2. The number of hydrogen-bond acceptors (Lipinski definition) is 3. The van der Waals surface area contributed by atoms with Gasteiger partial charge >= 0.3 is 0 Å². The average Bonchev–Trinajstić information content (AvgIpc) is 2.86. The molecule has 0 bridgehead atoms. The third-order valence-electron chi connectivity index (χ3n) is 2.93. The van der Waals surface area contributed by atoms with Crippen LogP contribution in [-0.4, -0.2) is 20.9 Å². The van der Waals surface area contributed by atoms with Gasteiger partial charge in [-0.05, 0) is 25.0 Å². The predicted octanol–water partition coefficient (Wildman–Crippen LogP) is 3.66. The van der Waals surface area contributed by atoms with Crippen LogP contribution in [0.3, 0.4) is 0 Å². The summed E-state index contributed by atoms with van der Waals surface area (Å²) < 4.78 is 1.84. The summed E-state index contributed by atoms with van der Waals surface area (Å²) >= 11 is 1.55. The van der Waals surface area contributed by atoms with E-state index in [1.54, 1.807) is 18.0 Å². The molecule has 1 aromatic carbocycles. The van der Waals surface area contributed by atoms with Crippen molar-refractivity contribution in [1.29, 1.82) is 0 Å². The molecule has 112 valence electrons. The summed E-state index contributed by atoms with van der Waals surface area (Å²) in [5, 5.41) is 7.05. The molecule has 0 saturated heterocycles. The fraction of sp³-hybridized carbons (Fsp3) is 0.375. The second-order valence-corrected chi connectivity index (χ2v) is 6.77. The highest BCUT2D eigenvalue weighted by molar-refractivity contribution is 8.00. The number of aromatic nitrogens is 2. The number of hydrogen-bond donors (Lipinski definition) is 1. The van der Waals surface area contributed by atoms with Crippen molar-refractivity contribution in [3.8, 4) is 0 Å². The first-order chi connectivity index (χ1) is 10.1. The molecule has 1 amide bonds. The Bertz CT molecular complexity index is 580. The molecule has 4 nitrogen and oxygen atoms in total. The molecule has 2 rings (SSSR count). The Morgan fingerprint density at radius 1 is 1.24 bits per heavy atom. The van der Waals surface area contributed by atoms with Crippen LogP contribution in [0.5, 0.6) is 0 Å². The van der Waals surface area contributed by atoms with Crippen molar-refractivity contribution in [2.45, 2.75) is 37.5 Å². The van der Waals surface area contributed by atoms with E-state index < -0.39 is 0 Å². The molecule has 1 heterocycles. The van der Waals surface area contributed by atoms with Gasteiger partial charge in [0.25, 0.3) is 0 Å². The maximum Gasteiger partial charge on any atom is 0.238 e. The Morgan fingerprint density at radius 3 is 2.62 bits per heavy atom. The van der Waals surface area contributed by atoms with Gasteiger partial charge in [0.2, 0.25) is 5.91 Å². The first kappa shape index (κ1) is 15.6. The topological polar surface area (TPSA) is 46.9 Å². The zero-order valence-corrected chi connectivity index (χ0v) is 13.4. The highest BCUT2D eigenvalue weighted by Crippen LogP contribution is 2.23. The second kappa shape index (κ2) is 7.31. The van der Waals surface area contributed by atoms with Crippen LogP contribution in [0, 0.1) is 5.92 Å². The standard InChI is InChI=1S/C16H21N3OS/c1-12(2)11-19-15(9-10-17-19)18-16(20)13(3)21-14-7-5-4-6-8-14/h4-10,12-13H,11H2,1-3H3,(H,18,20). The molecule has 0 saturated carbocycles. The molecule has 21 heavy (non-hydrogen) atoms. The lowest BCUT2D eigenvalue weighted by Gasteiger charge is -2.14. The summed E-state index contributed by atoms with van der Waals surface area (Å²) in [7, 11) is 0. The van der Waals surface area contributed by atoms with Crippen LogP contribution in [0.25, 0.3) is 0 Å². The minimum absolute atomic E-state index is 0.00522. The van der Waals surface area contributed by atoms with Crippen molar-refractivity contribution in [3.05, 3.63) is 42.6 Å². The Labute approximate surface area is 129 Å². The van der Waals surface area contributed by atoms with Crippen LogP contribution in [0.2, 0.25) is 0 Å². The Hall–Kier alpha value is -1.75. The highest BCUT2D eigenvalue weighted by Gasteiger charge is 2.16. The minimum atomic E-state index is -0.158. The largest absolute Gasteiger partial charge is 0.310 e. The van der Waals surface area contributed by atoms with E-state index in [0.29, 0.717) is 5.92 Å².